The molecule has 0 N–H and O–H groups in total. The van der Waals surface area contributed by atoms with Crippen LogP contribution in [0.25, 0.3) is 11.3 Å². The van der Waals surface area contributed by atoms with Gasteiger partial charge in [0, 0.05) is 11.9 Å². The molecule has 0 saturated heterocycles. The largest absolute Gasteiger partial charge is 0.481 e. The van der Waals surface area contributed by atoms with Crippen LogP contribution in [0.1, 0.15) is 17.1 Å². The Bertz CT molecular complexity index is 641. The minimum atomic E-state index is -4.59. The van der Waals surface area contributed by atoms with Crippen molar-refractivity contribution < 1.29 is 17.9 Å². The summed E-state index contributed by atoms with van der Waals surface area (Å²) in [4.78, 5) is 11.1. The Kier molecular flexibility index (Phi) is 3.61. The molecule has 0 aromatic carbocycles. The first-order valence-corrected chi connectivity index (χ1v) is 5.76. The summed E-state index contributed by atoms with van der Waals surface area (Å²) >= 11 is 0. The highest BCUT2D eigenvalue weighted by Gasteiger charge is 2.36. The molecular weight excluding hydrogens is 271 g/mol. The molecule has 7 heteroatoms. The molecule has 2 aromatic rings. The zero-order chi connectivity index (χ0) is 14.9. The van der Waals surface area contributed by atoms with Gasteiger partial charge in [-0.3, -0.25) is 0 Å². The Labute approximate surface area is 113 Å². The molecule has 4 nitrogen and oxygen atoms in total. The van der Waals surface area contributed by atoms with Crippen LogP contribution in [0, 0.1) is 13.8 Å². The average Bonchev–Trinajstić information content (AvgIpc) is 2.40. The number of ether oxygens (including phenoxy) is 1. The highest BCUT2D eigenvalue weighted by Crippen LogP contribution is 2.33. The van der Waals surface area contributed by atoms with Gasteiger partial charge in [0.2, 0.25) is 11.7 Å². The van der Waals surface area contributed by atoms with Crippen molar-refractivity contribution in [2.24, 2.45) is 0 Å². The number of halogens is 3. The van der Waals surface area contributed by atoms with Gasteiger partial charge in [0.25, 0.3) is 0 Å². The summed E-state index contributed by atoms with van der Waals surface area (Å²) in [6, 6.07) is 3.22. The predicted octanol–water partition coefficient (Wildman–Crippen LogP) is 3.18. The number of nitrogens with zero attached hydrogens (tertiary/aromatic N) is 3. The second kappa shape index (κ2) is 5.07. The Morgan fingerprint density at radius 2 is 1.85 bits per heavy atom. The molecule has 0 saturated carbocycles. The lowest BCUT2D eigenvalue weighted by Gasteiger charge is -2.13. The molecule has 0 radical (unpaired) electrons. The minimum absolute atomic E-state index is 0.176. The quantitative estimate of drug-likeness (QED) is 0.849. The van der Waals surface area contributed by atoms with Crippen LogP contribution in [0.5, 0.6) is 5.88 Å². The van der Waals surface area contributed by atoms with Gasteiger partial charge in [0.15, 0.2) is 0 Å². The van der Waals surface area contributed by atoms with E-state index in [4.69, 9.17) is 4.74 Å². The van der Waals surface area contributed by atoms with Gasteiger partial charge in [-0.25, -0.2) is 15.0 Å². The van der Waals surface area contributed by atoms with E-state index in [1.54, 1.807) is 19.1 Å². The molecule has 0 fully saturated rings. The van der Waals surface area contributed by atoms with E-state index in [9.17, 15) is 13.2 Å². The molecule has 0 bridgehead atoms. The van der Waals surface area contributed by atoms with E-state index in [0.717, 1.165) is 0 Å². The summed E-state index contributed by atoms with van der Waals surface area (Å²) in [5, 5.41) is 0. The van der Waals surface area contributed by atoms with Gasteiger partial charge in [0.05, 0.1) is 18.4 Å². The Morgan fingerprint density at radius 3 is 2.45 bits per heavy atom. The third kappa shape index (κ3) is 2.56. The second-order valence-corrected chi connectivity index (χ2v) is 4.16. The molecule has 0 aliphatic rings. The molecule has 2 heterocycles. The standard InChI is InChI=1S/C13H12F3N3O/c1-7-8(2)18-12(13(14,15)16)19-10(7)9-5-4-6-17-11(9)20-3/h4-6H,1-3H3. The first-order valence-electron chi connectivity index (χ1n) is 5.76. The van der Waals surface area contributed by atoms with Gasteiger partial charge >= 0.3 is 6.18 Å². The average molecular weight is 283 g/mol. The fourth-order valence-corrected chi connectivity index (χ4v) is 1.75. The lowest BCUT2D eigenvalue weighted by Crippen LogP contribution is -2.14. The van der Waals surface area contributed by atoms with E-state index in [-0.39, 0.29) is 17.3 Å². The number of hydrogen-bond acceptors (Lipinski definition) is 4. The van der Waals surface area contributed by atoms with E-state index in [0.29, 0.717) is 11.1 Å². The van der Waals surface area contributed by atoms with Crippen LogP contribution in [-0.2, 0) is 6.18 Å². The number of aromatic nitrogens is 3. The summed E-state index contributed by atoms with van der Waals surface area (Å²) in [5.41, 5.74) is 1.41. The van der Waals surface area contributed by atoms with Crippen molar-refractivity contribution in [1.29, 1.82) is 0 Å². The Hall–Kier alpha value is -2.18. The maximum absolute atomic E-state index is 12.8. The number of methoxy groups -OCH3 is 1. The molecular formula is C13H12F3N3O. The van der Waals surface area contributed by atoms with Crippen molar-refractivity contribution in [3.63, 3.8) is 0 Å². The summed E-state index contributed by atoms with van der Waals surface area (Å²) in [7, 11) is 1.40. The minimum Gasteiger partial charge on any atom is -0.481 e. The molecule has 20 heavy (non-hydrogen) atoms. The van der Waals surface area contributed by atoms with Crippen LogP contribution in [0.2, 0.25) is 0 Å². The van der Waals surface area contributed by atoms with E-state index >= 15 is 0 Å². The predicted molar refractivity (Wildman–Crippen MR) is 66.3 cm³/mol. The maximum atomic E-state index is 12.8. The zero-order valence-corrected chi connectivity index (χ0v) is 11.1. The number of aryl methyl sites for hydroxylation is 1. The zero-order valence-electron chi connectivity index (χ0n) is 11.1. The molecule has 0 unspecified atom stereocenters. The van der Waals surface area contributed by atoms with Crippen LogP contribution < -0.4 is 4.74 Å². The van der Waals surface area contributed by atoms with Gasteiger partial charge < -0.3 is 4.74 Å². The monoisotopic (exact) mass is 283 g/mol. The SMILES string of the molecule is COc1ncccc1-c1nc(C(F)(F)F)nc(C)c1C. The van der Waals surface area contributed by atoms with Gasteiger partial charge in [0.1, 0.15) is 0 Å². The summed E-state index contributed by atoms with van der Waals surface area (Å²) < 4.78 is 43.5. The van der Waals surface area contributed by atoms with Crippen molar-refractivity contribution >= 4 is 0 Å². The highest BCUT2D eigenvalue weighted by atomic mass is 19.4. The molecule has 2 rings (SSSR count). The van der Waals surface area contributed by atoms with E-state index < -0.39 is 12.0 Å². The highest BCUT2D eigenvalue weighted by molar-refractivity contribution is 5.68. The van der Waals surface area contributed by atoms with Crippen molar-refractivity contribution in [2.45, 2.75) is 20.0 Å². The van der Waals surface area contributed by atoms with Crippen molar-refractivity contribution in [2.75, 3.05) is 7.11 Å². The lowest BCUT2D eigenvalue weighted by molar-refractivity contribution is -0.145. The summed E-state index contributed by atoms with van der Waals surface area (Å²) in [5.74, 6) is -0.941. The van der Waals surface area contributed by atoms with Gasteiger partial charge in [-0.15, -0.1) is 0 Å². The van der Waals surface area contributed by atoms with Crippen molar-refractivity contribution in [1.82, 2.24) is 15.0 Å². The second-order valence-electron chi connectivity index (χ2n) is 4.16. The molecule has 0 amide bonds. The smallest absolute Gasteiger partial charge is 0.451 e. The van der Waals surface area contributed by atoms with Crippen LogP contribution >= 0.6 is 0 Å². The third-order valence-electron chi connectivity index (χ3n) is 2.86. The Balaban J connectivity index is 2.70. The summed E-state index contributed by atoms with van der Waals surface area (Å²) in [6.45, 7) is 3.18. The maximum Gasteiger partial charge on any atom is 0.451 e. The molecule has 2 aromatic heterocycles. The van der Waals surface area contributed by atoms with Crippen LogP contribution in [0.3, 0.4) is 0 Å². The fourth-order valence-electron chi connectivity index (χ4n) is 1.75. The summed E-state index contributed by atoms with van der Waals surface area (Å²) in [6.07, 6.45) is -3.10. The first-order chi connectivity index (χ1) is 9.34. The fraction of sp³-hybridized carbons (Fsp3) is 0.308. The molecule has 0 aliphatic carbocycles. The molecule has 0 atom stereocenters. The number of alkyl halides is 3. The van der Waals surface area contributed by atoms with E-state index in [2.05, 4.69) is 15.0 Å². The third-order valence-corrected chi connectivity index (χ3v) is 2.86. The van der Waals surface area contributed by atoms with E-state index in [1.165, 1.54) is 20.2 Å². The number of rotatable bonds is 2. The van der Waals surface area contributed by atoms with Crippen LogP contribution in [0.15, 0.2) is 18.3 Å². The van der Waals surface area contributed by atoms with Crippen molar-refractivity contribution in [3.05, 3.63) is 35.4 Å². The van der Waals surface area contributed by atoms with Gasteiger partial charge in [-0.1, -0.05) is 0 Å². The molecule has 106 valence electrons. The van der Waals surface area contributed by atoms with Crippen LogP contribution in [-0.4, -0.2) is 22.1 Å². The Morgan fingerprint density at radius 1 is 1.15 bits per heavy atom. The normalized spacial score (nSPS) is 11.5. The number of hydrogen-bond donors (Lipinski definition) is 0. The van der Waals surface area contributed by atoms with Crippen molar-refractivity contribution in [3.8, 4) is 17.1 Å². The topological polar surface area (TPSA) is 47.9 Å². The molecule has 0 aliphatic heterocycles. The first kappa shape index (κ1) is 14.2. The van der Waals surface area contributed by atoms with Gasteiger partial charge in [-0.05, 0) is 31.5 Å². The number of pyridine rings is 1. The van der Waals surface area contributed by atoms with E-state index in [1.807, 2.05) is 0 Å². The molecule has 0 spiro atoms. The van der Waals surface area contributed by atoms with Crippen LogP contribution in [0.4, 0.5) is 13.2 Å². The lowest BCUT2D eigenvalue weighted by atomic mass is 10.1. The van der Waals surface area contributed by atoms with Gasteiger partial charge in [-0.2, -0.15) is 13.2 Å².